The van der Waals surface area contributed by atoms with Gasteiger partial charge in [0, 0.05) is 20.1 Å². The minimum atomic E-state index is -0.322. The molecule has 4 nitrogen and oxygen atoms in total. The topological polar surface area (TPSA) is 41.6 Å². The fourth-order valence-corrected chi connectivity index (χ4v) is 2.57. The fraction of sp³-hybridized carbons (Fsp3) is 0.471. The highest BCUT2D eigenvalue weighted by Gasteiger charge is 2.23. The van der Waals surface area contributed by atoms with Crippen LogP contribution in [-0.4, -0.2) is 37.7 Å². The first-order chi connectivity index (χ1) is 10.2. The molecule has 1 unspecified atom stereocenters. The van der Waals surface area contributed by atoms with Crippen molar-refractivity contribution in [3.63, 3.8) is 0 Å². The van der Waals surface area contributed by atoms with Crippen LogP contribution in [0.4, 0.5) is 4.79 Å². The van der Waals surface area contributed by atoms with E-state index < -0.39 is 0 Å². The van der Waals surface area contributed by atoms with Crippen LogP contribution >= 0.6 is 0 Å². The van der Waals surface area contributed by atoms with Crippen LogP contribution in [0.3, 0.4) is 0 Å². The minimum Gasteiger partial charge on any atom is -0.410 e. The summed E-state index contributed by atoms with van der Waals surface area (Å²) in [6.45, 7) is 3.99. The van der Waals surface area contributed by atoms with Gasteiger partial charge in [0.2, 0.25) is 0 Å². The molecule has 0 saturated heterocycles. The van der Waals surface area contributed by atoms with Gasteiger partial charge in [-0.3, -0.25) is 0 Å². The highest BCUT2D eigenvalue weighted by molar-refractivity contribution is 5.70. The Hall–Kier alpha value is -1.99. The summed E-state index contributed by atoms with van der Waals surface area (Å²) in [5.41, 5.74) is 2.61. The van der Waals surface area contributed by atoms with E-state index in [2.05, 4.69) is 17.3 Å². The van der Waals surface area contributed by atoms with Gasteiger partial charge < -0.3 is 15.0 Å². The normalized spacial score (nSPS) is 16.1. The highest BCUT2D eigenvalue weighted by atomic mass is 16.6. The molecule has 0 heterocycles. The predicted octanol–water partition coefficient (Wildman–Crippen LogP) is 2.39. The van der Waals surface area contributed by atoms with Crippen molar-refractivity contribution in [3.05, 3.63) is 29.3 Å². The number of nitrogens with zero attached hydrogens (tertiary/aromatic N) is 1. The van der Waals surface area contributed by atoms with Crippen LogP contribution in [0, 0.1) is 12.3 Å². The van der Waals surface area contributed by atoms with Gasteiger partial charge in [-0.05, 0) is 48.9 Å². The van der Waals surface area contributed by atoms with Crippen molar-refractivity contribution in [1.82, 2.24) is 10.2 Å². The third-order valence-electron chi connectivity index (χ3n) is 3.93. The number of fused-ring (bicyclic) bond motifs is 1. The summed E-state index contributed by atoms with van der Waals surface area (Å²) < 4.78 is 5.40. The molecule has 1 aliphatic carbocycles. The van der Waals surface area contributed by atoms with E-state index in [1.165, 1.54) is 11.1 Å². The number of amides is 1. The zero-order valence-corrected chi connectivity index (χ0v) is 12.7. The number of aryl methyl sites for hydroxylation is 1. The second-order valence-electron chi connectivity index (χ2n) is 5.31. The van der Waals surface area contributed by atoms with Gasteiger partial charge in [-0.15, -0.1) is 6.42 Å². The third-order valence-corrected chi connectivity index (χ3v) is 3.93. The highest BCUT2D eigenvalue weighted by Crippen LogP contribution is 2.35. The van der Waals surface area contributed by atoms with Crippen LogP contribution in [0.1, 0.15) is 30.4 Å². The lowest BCUT2D eigenvalue weighted by molar-refractivity contribution is 0.165. The molecular formula is C17H22N2O2. The smallest absolute Gasteiger partial charge is 0.410 e. The molecule has 0 fully saturated rings. The number of ether oxygens (including phenoxy) is 1. The Kier molecular flexibility index (Phi) is 5.24. The van der Waals surface area contributed by atoms with Crippen LogP contribution in [0.25, 0.3) is 0 Å². The molecule has 1 atom stereocenters. The number of hydrogen-bond acceptors (Lipinski definition) is 3. The number of rotatable bonds is 5. The summed E-state index contributed by atoms with van der Waals surface area (Å²) >= 11 is 0. The molecular weight excluding hydrogens is 264 g/mol. The predicted molar refractivity (Wildman–Crippen MR) is 83.5 cm³/mol. The number of benzene rings is 1. The molecule has 4 heteroatoms. The average molecular weight is 286 g/mol. The van der Waals surface area contributed by atoms with Crippen LogP contribution in [0.5, 0.6) is 5.75 Å². The Morgan fingerprint density at radius 3 is 3.10 bits per heavy atom. The quantitative estimate of drug-likeness (QED) is 0.667. The first-order valence-electron chi connectivity index (χ1n) is 7.35. The van der Waals surface area contributed by atoms with E-state index in [9.17, 15) is 4.79 Å². The summed E-state index contributed by atoms with van der Waals surface area (Å²) in [5.74, 6) is 3.64. The summed E-state index contributed by atoms with van der Waals surface area (Å²) in [5, 5.41) is 3.25. The second-order valence-corrected chi connectivity index (χ2v) is 5.31. The van der Waals surface area contributed by atoms with Crippen molar-refractivity contribution in [1.29, 1.82) is 0 Å². The van der Waals surface area contributed by atoms with E-state index in [1.54, 1.807) is 11.9 Å². The Balaban J connectivity index is 2.06. The molecule has 0 saturated carbocycles. The lowest BCUT2D eigenvalue weighted by atomic mass is 10.0. The zero-order chi connectivity index (χ0) is 15.2. The number of carbonyl (C=O) groups is 1. The second kappa shape index (κ2) is 7.14. The van der Waals surface area contributed by atoms with Crippen LogP contribution in [-0.2, 0) is 6.42 Å². The van der Waals surface area contributed by atoms with Crippen molar-refractivity contribution >= 4 is 6.09 Å². The van der Waals surface area contributed by atoms with Gasteiger partial charge in [-0.2, -0.15) is 0 Å². The molecule has 0 aromatic heterocycles. The van der Waals surface area contributed by atoms with Gasteiger partial charge in [-0.25, -0.2) is 4.79 Å². The molecule has 21 heavy (non-hydrogen) atoms. The minimum absolute atomic E-state index is 0.322. The van der Waals surface area contributed by atoms with E-state index in [1.807, 2.05) is 19.1 Å². The van der Waals surface area contributed by atoms with Gasteiger partial charge >= 0.3 is 6.09 Å². The third kappa shape index (κ3) is 3.77. The van der Waals surface area contributed by atoms with Gasteiger partial charge in [0.15, 0.2) is 0 Å². The monoisotopic (exact) mass is 286 g/mol. The standard InChI is InChI=1S/C17H22N2O2/c1-4-10-18-12-14-7-6-13-8-9-15(11-16(13)14)21-17(20)19(3)5-2/h1,8-9,11,14,18H,5-7,10,12H2,2-3H3. The van der Waals surface area contributed by atoms with Crippen molar-refractivity contribution in [2.24, 2.45) is 0 Å². The molecule has 112 valence electrons. The van der Waals surface area contributed by atoms with Gasteiger partial charge in [0.1, 0.15) is 5.75 Å². The molecule has 1 aromatic rings. The van der Waals surface area contributed by atoms with Crippen molar-refractivity contribution in [2.45, 2.75) is 25.7 Å². The largest absolute Gasteiger partial charge is 0.414 e. The van der Waals surface area contributed by atoms with Gasteiger partial charge in [0.05, 0.1) is 6.54 Å². The molecule has 0 aliphatic heterocycles. The van der Waals surface area contributed by atoms with Gasteiger partial charge in [0.25, 0.3) is 0 Å². The molecule has 1 N–H and O–H groups in total. The van der Waals surface area contributed by atoms with Crippen LogP contribution in [0.2, 0.25) is 0 Å². The maximum Gasteiger partial charge on any atom is 0.414 e. The first-order valence-corrected chi connectivity index (χ1v) is 7.35. The summed E-state index contributed by atoms with van der Waals surface area (Å²) in [6.07, 6.45) is 7.11. The Labute approximate surface area is 126 Å². The van der Waals surface area contributed by atoms with Crippen LogP contribution < -0.4 is 10.1 Å². The molecule has 2 rings (SSSR count). The summed E-state index contributed by atoms with van der Waals surface area (Å²) in [7, 11) is 1.72. The Morgan fingerprint density at radius 2 is 2.38 bits per heavy atom. The average Bonchev–Trinajstić information content (AvgIpc) is 2.89. The maximum absolute atomic E-state index is 11.8. The SMILES string of the molecule is C#CCNCC1CCc2ccc(OC(=O)N(C)CC)cc21. The maximum atomic E-state index is 11.8. The Bertz CT molecular complexity index is 548. The zero-order valence-electron chi connectivity index (χ0n) is 12.7. The number of carbonyl (C=O) groups excluding carboxylic acids is 1. The number of terminal acetylenes is 1. The first kappa shape index (κ1) is 15.4. The van der Waals surface area contributed by atoms with Crippen molar-refractivity contribution in [3.8, 4) is 18.1 Å². The summed E-state index contributed by atoms with van der Waals surface area (Å²) in [4.78, 5) is 13.3. The van der Waals surface area contributed by atoms with Gasteiger partial charge in [-0.1, -0.05) is 12.0 Å². The number of hydrogen-bond donors (Lipinski definition) is 1. The molecule has 0 bridgehead atoms. The molecule has 1 amide bonds. The molecule has 0 spiro atoms. The van der Waals surface area contributed by atoms with E-state index in [4.69, 9.17) is 11.2 Å². The lowest BCUT2D eigenvalue weighted by Crippen LogP contribution is -2.29. The van der Waals surface area contributed by atoms with Crippen molar-refractivity contribution in [2.75, 3.05) is 26.7 Å². The molecule has 0 radical (unpaired) electrons. The Morgan fingerprint density at radius 1 is 1.57 bits per heavy atom. The molecule has 1 aliphatic rings. The van der Waals surface area contributed by atoms with Crippen LogP contribution in [0.15, 0.2) is 18.2 Å². The van der Waals surface area contributed by atoms with Crippen molar-refractivity contribution < 1.29 is 9.53 Å². The fourth-order valence-electron chi connectivity index (χ4n) is 2.57. The van der Waals surface area contributed by atoms with E-state index in [0.717, 1.165) is 19.4 Å². The van der Waals surface area contributed by atoms with E-state index in [-0.39, 0.29) is 6.09 Å². The number of nitrogens with one attached hydrogen (secondary N) is 1. The van der Waals surface area contributed by atoms with E-state index >= 15 is 0 Å². The lowest BCUT2D eigenvalue weighted by Gasteiger charge is -2.16. The van der Waals surface area contributed by atoms with E-state index in [0.29, 0.717) is 24.8 Å². The molecule has 1 aromatic carbocycles. The summed E-state index contributed by atoms with van der Waals surface area (Å²) in [6, 6.07) is 5.93.